The van der Waals surface area contributed by atoms with Gasteiger partial charge in [0, 0.05) is 36.3 Å². The third kappa shape index (κ3) is 4.54. The van der Waals surface area contributed by atoms with Crippen molar-refractivity contribution >= 4 is 17.3 Å². The molecule has 0 spiro atoms. The van der Waals surface area contributed by atoms with Crippen LogP contribution < -0.4 is 4.74 Å². The number of hydrogen-bond acceptors (Lipinski definition) is 5. The SMILES string of the molecule is CCOCCCOc1cc(C(=O)O)cc(-c2ncc(C)s2)c1. The molecule has 0 aliphatic rings. The Hall–Kier alpha value is -1.92. The van der Waals surface area contributed by atoms with Crippen LogP contribution in [0.2, 0.25) is 0 Å². The average Bonchev–Trinajstić information content (AvgIpc) is 2.93. The topological polar surface area (TPSA) is 68.7 Å². The molecule has 1 aromatic heterocycles. The zero-order valence-corrected chi connectivity index (χ0v) is 13.5. The summed E-state index contributed by atoms with van der Waals surface area (Å²) in [6.45, 7) is 5.71. The summed E-state index contributed by atoms with van der Waals surface area (Å²) in [5.74, 6) is -0.437. The maximum atomic E-state index is 11.3. The molecule has 5 nitrogen and oxygen atoms in total. The van der Waals surface area contributed by atoms with Crippen LogP contribution in [0.25, 0.3) is 10.6 Å². The first-order valence-corrected chi connectivity index (χ1v) is 7.93. The molecular weight excluding hydrogens is 302 g/mol. The van der Waals surface area contributed by atoms with E-state index in [1.807, 2.05) is 19.9 Å². The highest BCUT2D eigenvalue weighted by Gasteiger charge is 2.11. The number of benzene rings is 1. The van der Waals surface area contributed by atoms with Gasteiger partial charge in [-0.25, -0.2) is 9.78 Å². The predicted molar refractivity (Wildman–Crippen MR) is 85.9 cm³/mol. The molecule has 2 rings (SSSR count). The first-order valence-electron chi connectivity index (χ1n) is 7.12. The van der Waals surface area contributed by atoms with E-state index in [1.54, 1.807) is 12.3 Å². The molecule has 0 fully saturated rings. The van der Waals surface area contributed by atoms with Gasteiger partial charge in [0.05, 0.1) is 12.2 Å². The quantitative estimate of drug-likeness (QED) is 0.752. The van der Waals surface area contributed by atoms with Crippen LogP contribution >= 0.6 is 11.3 Å². The van der Waals surface area contributed by atoms with Crippen LogP contribution in [-0.2, 0) is 4.74 Å². The molecule has 118 valence electrons. The van der Waals surface area contributed by atoms with E-state index in [-0.39, 0.29) is 5.56 Å². The lowest BCUT2D eigenvalue weighted by molar-refractivity contribution is 0.0696. The second-order valence-corrected chi connectivity index (χ2v) is 5.96. The lowest BCUT2D eigenvalue weighted by atomic mass is 10.1. The van der Waals surface area contributed by atoms with E-state index in [1.165, 1.54) is 17.4 Å². The van der Waals surface area contributed by atoms with Crippen molar-refractivity contribution in [3.63, 3.8) is 0 Å². The van der Waals surface area contributed by atoms with Crippen molar-refractivity contribution in [3.8, 4) is 16.3 Å². The molecule has 22 heavy (non-hydrogen) atoms. The predicted octanol–water partition coefficient (Wildman–Crippen LogP) is 3.62. The number of aryl methyl sites for hydroxylation is 1. The van der Waals surface area contributed by atoms with Gasteiger partial charge in [-0.1, -0.05) is 0 Å². The number of rotatable bonds is 8. The molecule has 0 atom stereocenters. The van der Waals surface area contributed by atoms with E-state index in [4.69, 9.17) is 9.47 Å². The fraction of sp³-hybridized carbons (Fsp3) is 0.375. The number of ether oxygens (including phenoxy) is 2. The van der Waals surface area contributed by atoms with Crippen molar-refractivity contribution in [2.24, 2.45) is 0 Å². The second kappa shape index (κ2) is 7.91. The van der Waals surface area contributed by atoms with Gasteiger partial charge in [-0.05, 0) is 32.0 Å². The Balaban J connectivity index is 2.15. The van der Waals surface area contributed by atoms with Crippen molar-refractivity contribution in [2.75, 3.05) is 19.8 Å². The van der Waals surface area contributed by atoms with E-state index < -0.39 is 5.97 Å². The van der Waals surface area contributed by atoms with Gasteiger partial charge >= 0.3 is 5.97 Å². The zero-order valence-electron chi connectivity index (χ0n) is 12.7. The van der Waals surface area contributed by atoms with Crippen molar-refractivity contribution < 1.29 is 19.4 Å². The van der Waals surface area contributed by atoms with Gasteiger partial charge in [0.2, 0.25) is 0 Å². The third-order valence-electron chi connectivity index (χ3n) is 2.93. The molecular formula is C16H19NO4S. The van der Waals surface area contributed by atoms with E-state index in [9.17, 15) is 9.90 Å². The summed E-state index contributed by atoms with van der Waals surface area (Å²) in [4.78, 5) is 16.6. The third-order valence-corrected chi connectivity index (χ3v) is 3.89. The summed E-state index contributed by atoms with van der Waals surface area (Å²) < 4.78 is 10.9. The number of thiazole rings is 1. The van der Waals surface area contributed by atoms with Gasteiger partial charge in [0.1, 0.15) is 10.8 Å². The minimum atomic E-state index is -0.978. The maximum absolute atomic E-state index is 11.3. The molecule has 0 saturated heterocycles. The number of hydrogen-bond donors (Lipinski definition) is 1. The Morgan fingerprint density at radius 1 is 1.32 bits per heavy atom. The fourth-order valence-electron chi connectivity index (χ4n) is 1.91. The largest absolute Gasteiger partial charge is 0.493 e. The smallest absolute Gasteiger partial charge is 0.335 e. The first kappa shape index (κ1) is 16.5. The number of nitrogens with zero attached hydrogens (tertiary/aromatic N) is 1. The van der Waals surface area contributed by atoms with Gasteiger partial charge in [-0.2, -0.15) is 0 Å². The molecule has 1 heterocycles. The summed E-state index contributed by atoms with van der Waals surface area (Å²) in [6, 6.07) is 4.98. The highest BCUT2D eigenvalue weighted by molar-refractivity contribution is 7.14. The van der Waals surface area contributed by atoms with Gasteiger partial charge in [-0.15, -0.1) is 11.3 Å². The molecule has 0 aliphatic carbocycles. The molecule has 0 aliphatic heterocycles. The zero-order chi connectivity index (χ0) is 15.9. The summed E-state index contributed by atoms with van der Waals surface area (Å²) in [5, 5.41) is 10.0. The van der Waals surface area contributed by atoms with Crippen LogP contribution in [0.3, 0.4) is 0 Å². The first-order chi connectivity index (χ1) is 10.6. The van der Waals surface area contributed by atoms with Crippen LogP contribution in [-0.4, -0.2) is 35.9 Å². The van der Waals surface area contributed by atoms with Gasteiger partial charge in [0.15, 0.2) is 0 Å². The number of carboxylic acids is 1. The van der Waals surface area contributed by atoms with E-state index in [2.05, 4.69) is 4.98 Å². The molecule has 0 saturated carbocycles. The van der Waals surface area contributed by atoms with Crippen molar-refractivity contribution in [3.05, 3.63) is 34.8 Å². The molecule has 6 heteroatoms. The Kier molecular flexibility index (Phi) is 5.91. The van der Waals surface area contributed by atoms with Crippen LogP contribution in [0.1, 0.15) is 28.6 Å². The Morgan fingerprint density at radius 2 is 2.14 bits per heavy atom. The van der Waals surface area contributed by atoms with E-state index >= 15 is 0 Å². The van der Waals surface area contributed by atoms with Gasteiger partial charge in [0.25, 0.3) is 0 Å². The number of carbonyl (C=O) groups is 1. The summed E-state index contributed by atoms with van der Waals surface area (Å²) in [7, 11) is 0. The Morgan fingerprint density at radius 3 is 2.77 bits per heavy atom. The molecule has 1 aromatic carbocycles. The minimum Gasteiger partial charge on any atom is -0.493 e. The summed E-state index contributed by atoms with van der Waals surface area (Å²) in [6.07, 6.45) is 2.53. The van der Waals surface area contributed by atoms with Gasteiger partial charge < -0.3 is 14.6 Å². The molecule has 0 amide bonds. The lowest BCUT2D eigenvalue weighted by Gasteiger charge is -2.09. The van der Waals surface area contributed by atoms with E-state index in [0.29, 0.717) is 25.6 Å². The number of aromatic carboxylic acids is 1. The summed E-state index contributed by atoms with van der Waals surface area (Å²) in [5.41, 5.74) is 0.961. The Labute approximate surface area is 133 Å². The van der Waals surface area contributed by atoms with Crippen LogP contribution in [0.15, 0.2) is 24.4 Å². The van der Waals surface area contributed by atoms with Crippen molar-refractivity contribution in [1.82, 2.24) is 4.98 Å². The van der Waals surface area contributed by atoms with Crippen LogP contribution in [0.4, 0.5) is 0 Å². The normalized spacial score (nSPS) is 10.6. The lowest BCUT2D eigenvalue weighted by Crippen LogP contribution is -2.04. The van der Waals surface area contributed by atoms with Gasteiger partial charge in [-0.3, -0.25) is 0 Å². The van der Waals surface area contributed by atoms with Crippen molar-refractivity contribution in [2.45, 2.75) is 20.3 Å². The van der Waals surface area contributed by atoms with Crippen molar-refractivity contribution in [1.29, 1.82) is 0 Å². The van der Waals surface area contributed by atoms with Crippen LogP contribution in [0, 0.1) is 6.92 Å². The fourth-order valence-corrected chi connectivity index (χ4v) is 2.66. The monoisotopic (exact) mass is 321 g/mol. The molecule has 0 bridgehead atoms. The molecule has 0 unspecified atom stereocenters. The highest BCUT2D eigenvalue weighted by atomic mass is 32.1. The summed E-state index contributed by atoms with van der Waals surface area (Å²) >= 11 is 1.53. The number of aromatic nitrogens is 1. The molecule has 2 aromatic rings. The highest BCUT2D eigenvalue weighted by Crippen LogP contribution is 2.29. The maximum Gasteiger partial charge on any atom is 0.335 e. The van der Waals surface area contributed by atoms with Crippen LogP contribution in [0.5, 0.6) is 5.75 Å². The minimum absolute atomic E-state index is 0.199. The molecule has 0 radical (unpaired) electrons. The molecule has 1 N–H and O–H groups in total. The second-order valence-electron chi connectivity index (χ2n) is 4.73. The van der Waals surface area contributed by atoms with E-state index in [0.717, 1.165) is 21.9 Å². The number of carboxylic acid groups (broad SMARTS) is 1. The average molecular weight is 321 g/mol. The Bertz CT molecular complexity index is 639. The standard InChI is InChI=1S/C16H19NO4S/c1-3-20-5-4-6-21-14-8-12(7-13(9-14)16(18)19)15-17-10-11(2)22-15/h7-10H,3-6H2,1-2H3,(H,18,19).